The number of amides is 2. The number of aryl methyl sites for hydroxylation is 2. The summed E-state index contributed by atoms with van der Waals surface area (Å²) in [6.07, 6.45) is 1.14. The van der Waals surface area contributed by atoms with Gasteiger partial charge in [0.25, 0.3) is 0 Å². The Morgan fingerprint density at radius 2 is 1.78 bits per heavy atom. The molecule has 0 aliphatic heterocycles. The van der Waals surface area contributed by atoms with Crippen LogP contribution in [0.15, 0.2) is 47.6 Å². The number of carbonyl (C=O) groups excluding carboxylic acids is 2. The average molecular weight is 313 g/mol. The van der Waals surface area contributed by atoms with Crippen molar-refractivity contribution in [1.82, 2.24) is 5.43 Å². The van der Waals surface area contributed by atoms with Crippen LogP contribution < -0.4 is 10.7 Å². The van der Waals surface area contributed by atoms with Gasteiger partial charge in [0.2, 0.25) is 0 Å². The van der Waals surface area contributed by atoms with Crippen LogP contribution in [0.1, 0.15) is 16.7 Å². The largest absolute Gasteiger partial charge is 0.329 e. The molecule has 5 nitrogen and oxygen atoms in total. The maximum Gasteiger partial charge on any atom is 0.329 e. The molecule has 2 rings (SSSR count). The minimum Gasteiger partial charge on any atom is -0.318 e. The summed E-state index contributed by atoms with van der Waals surface area (Å²) in [5, 5.41) is 6.04. The molecule has 0 heterocycles. The maximum atomic E-state index is 13.3. The van der Waals surface area contributed by atoms with Crippen molar-refractivity contribution in [3.63, 3.8) is 0 Å². The topological polar surface area (TPSA) is 70.6 Å². The molecule has 0 aliphatic carbocycles. The molecule has 2 aromatic carbocycles. The molecule has 0 saturated heterocycles. The first kappa shape index (κ1) is 16.4. The minimum absolute atomic E-state index is 0.211. The third kappa shape index (κ3) is 4.47. The Labute approximate surface area is 133 Å². The normalized spacial score (nSPS) is 10.6. The SMILES string of the molecule is Cc1ccc(NC(=O)C(=O)N/N=C\c2ccccc2F)cc1C. The van der Waals surface area contributed by atoms with Crippen molar-refractivity contribution in [2.45, 2.75) is 13.8 Å². The van der Waals surface area contributed by atoms with Crippen LogP contribution in [0.25, 0.3) is 0 Å². The Hall–Kier alpha value is -3.02. The number of benzene rings is 2. The second-order valence-corrected chi connectivity index (χ2v) is 4.97. The van der Waals surface area contributed by atoms with Crippen LogP contribution in [0.4, 0.5) is 10.1 Å². The number of hydrazone groups is 1. The van der Waals surface area contributed by atoms with Crippen molar-refractivity contribution in [2.75, 3.05) is 5.32 Å². The van der Waals surface area contributed by atoms with E-state index in [4.69, 9.17) is 0 Å². The van der Waals surface area contributed by atoms with E-state index in [9.17, 15) is 14.0 Å². The molecule has 0 unspecified atom stereocenters. The third-order valence-electron chi connectivity index (χ3n) is 3.25. The van der Waals surface area contributed by atoms with Crippen LogP contribution in [0, 0.1) is 19.7 Å². The van der Waals surface area contributed by atoms with E-state index in [0.717, 1.165) is 17.3 Å². The van der Waals surface area contributed by atoms with Gasteiger partial charge in [-0.2, -0.15) is 5.10 Å². The molecule has 0 saturated carbocycles. The summed E-state index contributed by atoms with van der Waals surface area (Å²) < 4.78 is 13.3. The van der Waals surface area contributed by atoms with Gasteiger partial charge in [-0.05, 0) is 43.2 Å². The standard InChI is InChI=1S/C17H16FN3O2/c1-11-7-8-14(9-12(11)2)20-16(22)17(23)21-19-10-13-5-3-4-6-15(13)18/h3-10H,1-2H3,(H,20,22)(H,21,23)/b19-10-. The fourth-order valence-electron chi connectivity index (χ4n) is 1.80. The zero-order chi connectivity index (χ0) is 16.8. The first-order valence-electron chi connectivity index (χ1n) is 6.93. The van der Waals surface area contributed by atoms with Crippen molar-refractivity contribution in [3.8, 4) is 0 Å². The lowest BCUT2D eigenvalue weighted by molar-refractivity contribution is -0.136. The maximum absolute atomic E-state index is 13.3. The Morgan fingerprint density at radius 1 is 1.04 bits per heavy atom. The molecular formula is C17H16FN3O2. The molecule has 0 aliphatic rings. The lowest BCUT2D eigenvalue weighted by atomic mass is 10.1. The predicted molar refractivity (Wildman–Crippen MR) is 86.7 cm³/mol. The van der Waals surface area contributed by atoms with Gasteiger partial charge in [-0.25, -0.2) is 9.82 Å². The van der Waals surface area contributed by atoms with Gasteiger partial charge in [-0.1, -0.05) is 24.3 Å². The molecule has 23 heavy (non-hydrogen) atoms. The second kappa shape index (κ2) is 7.31. The summed E-state index contributed by atoms with van der Waals surface area (Å²) in [5.74, 6) is -2.25. The Kier molecular flexibility index (Phi) is 5.19. The van der Waals surface area contributed by atoms with Crippen LogP contribution in [-0.4, -0.2) is 18.0 Å². The molecule has 0 spiro atoms. The van der Waals surface area contributed by atoms with Crippen LogP contribution in [0.3, 0.4) is 0 Å². The number of hydrogen-bond donors (Lipinski definition) is 2. The summed E-state index contributed by atoms with van der Waals surface area (Å²) in [7, 11) is 0. The smallest absolute Gasteiger partial charge is 0.318 e. The number of carbonyl (C=O) groups is 2. The summed E-state index contributed by atoms with van der Waals surface area (Å²) in [5.41, 5.74) is 4.87. The van der Waals surface area contributed by atoms with E-state index in [1.54, 1.807) is 24.3 Å². The lowest BCUT2D eigenvalue weighted by Gasteiger charge is -2.06. The average Bonchev–Trinajstić information content (AvgIpc) is 2.52. The molecule has 2 N–H and O–H groups in total. The fourth-order valence-corrected chi connectivity index (χ4v) is 1.80. The number of nitrogens with one attached hydrogen (secondary N) is 2. The van der Waals surface area contributed by atoms with E-state index in [1.165, 1.54) is 12.1 Å². The summed E-state index contributed by atoms with van der Waals surface area (Å²) in [4.78, 5) is 23.4. The van der Waals surface area contributed by atoms with Crippen LogP contribution in [0.5, 0.6) is 0 Å². The molecule has 0 bridgehead atoms. The van der Waals surface area contributed by atoms with Crippen molar-refractivity contribution in [1.29, 1.82) is 0 Å². The van der Waals surface area contributed by atoms with Crippen molar-refractivity contribution >= 4 is 23.7 Å². The first-order chi connectivity index (χ1) is 11.0. The van der Waals surface area contributed by atoms with Gasteiger partial charge in [0, 0.05) is 11.3 Å². The van der Waals surface area contributed by atoms with Crippen LogP contribution >= 0.6 is 0 Å². The third-order valence-corrected chi connectivity index (χ3v) is 3.25. The van der Waals surface area contributed by atoms with Crippen LogP contribution in [0.2, 0.25) is 0 Å². The summed E-state index contributed by atoms with van der Waals surface area (Å²) in [6.45, 7) is 3.86. The highest BCUT2D eigenvalue weighted by Crippen LogP contribution is 2.13. The number of rotatable bonds is 3. The number of nitrogens with zero attached hydrogens (tertiary/aromatic N) is 1. The monoisotopic (exact) mass is 313 g/mol. The molecule has 0 atom stereocenters. The Balaban J connectivity index is 1.94. The molecule has 2 amide bonds. The van der Waals surface area contributed by atoms with E-state index in [-0.39, 0.29) is 5.56 Å². The van der Waals surface area contributed by atoms with Crippen molar-refractivity contribution < 1.29 is 14.0 Å². The number of halogens is 1. The lowest BCUT2D eigenvalue weighted by Crippen LogP contribution is -2.32. The molecule has 0 fully saturated rings. The molecule has 118 valence electrons. The molecule has 0 aromatic heterocycles. The second-order valence-electron chi connectivity index (χ2n) is 4.97. The molecule has 6 heteroatoms. The van der Waals surface area contributed by atoms with E-state index < -0.39 is 17.6 Å². The highest BCUT2D eigenvalue weighted by molar-refractivity contribution is 6.39. The van der Waals surface area contributed by atoms with E-state index >= 15 is 0 Å². The van der Waals surface area contributed by atoms with Crippen molar-refractivity contribution in [2.24, 2.45) is 5.10 Å². The van der Waals surface area contributed by atoms with Crippen LogP contribution in [-0.2, 0) is 9.59 Å². The van der Waals surface area contributed by atoms with Gasteiger partial charge in [-0.3, -0.25) is 9.59 Å². The van der Waals surface area contributed by atoms with Gasteiger partial charge in [0.15, 0.2) is 0 Å². The molecular weight excluding hydrogens is 297 g/mol. The molecule has 2 aromatic rings. The molecule has 0 radical (unpaired) electrons. The van der Waals surface area contributed by atoms with Gasteiger partial charge in [0.05, 0.1) is 6.21 Å². The Morgan fingerprint density at radius 3 is 2.48 bits per heavy atom. The minimum atomic E-state index is -0.934. The highest BCUT2D eigenvalue weighted by Gasteiger charge is 2.13. The fraction of sp³-hybridized carbons (Fsp3) is 0.118. The zero-order valence-corrected chi connectivity index (χ0v) is 12.8. The zero-order valence-electron chi connectivity index (χ0n) is 12.8. The Bertz CT molecular complexity index is 772. The van der Waals surface area contributed by atoms with Gasteiger partial charge in [-0.15, -0.1) is 0 Å². The predicted octanol–water partition coefficient (Wildman–Crippen LogP) is 2.53. The first-order valence-corrected chi connectivity index (χ1v) is 6.93. The van der Waals surface area contributed by atoms with Gasteiger partial charge < -0.3 is 5.32 Å². The van der Waals surface area contributed by atoms with Crippen molar-refractivity contribution in [3.05, 3.63) is 65.0 Å². The van der Waals surface area contributed by atoms with E-state index in [0.29, 0.717) is 5.69 Å². The summed E-state index contributed by atoms with van der Waals surface area (Å²) >= 11 is 0. The summed E-state index contributed by atoms with van der Waals surface area (Å²) in [6, 6.07) is 11.3. The van der Waals surface area contributed by atoms with Gasteiger partial charge in [0.1, 0.15) is 5.82 Å². The number of hydrogen-bond acceptors (Lipinski definition) is 3. The highest BCUT2D eigenvalue weighted by atomic mass is 19.1. The van der Waals surface area contributed by atoms with E-state index in [1.807, 2.05) is 19.9 Å². The quantitative estimate of drug-likeness (QED) is 0.519. The number of anilines is 1. The van der Waals surface area contributed by atoms with Gasteiger partial charge >= 0.3 is 11.8 Å². The van der Waals surface area contributed by atoms with E-state index in [2.05, 4.69) is 15.8 Å².